The van der Waals surface area contributed by atoms with Gasteiger partial charge in [0.05, 0.1) is 13.2 Å². The lowest BCUT2D eigenvalue weighted by Gasteiger charge is -2.41. The number of nitrogens with two attached hydrogens (primary N) is 1. The highest BCUT2D eigenvalue weighted by atomic mass is 16.5. The molecule has 3 heteroatoms. The van der Waals surface area contributed by atoms with E-state index in [1.54, 1.807) is 0 Å². The first-order valence-electron chi connectivity index (χ1n) is 5.79. The van der Waals surface area contributed by atoms with Crippen molar-refractivity contribution in [3.05, 3.63) is 29.8 Å². The molecule has 1 aliphatic rings. The standard InChI is InChI=1S/C13H20N2O/c1-13(2,15-6-8-16-9-7-15)11-4-3-5-12(14)10-11/h3-5,10H,6-9,14H2,1-2H3. The third kappa shape index (κ3) is 2.20. The van der Waals surface area contributed by atoms with Gasteiger partial charge < -0.3 is 10.5 Å². The third-order valence-electron chi connectivity index (χ3n) is 3.39. The van der Waals surface area contributed by atoms with Crippen LogP contribution in [0.25, 0.3) is 0 Å². The molecule has 1 aromatic rings. The lowest BCUT2D eigenvalue weighted by atomic mass is 9.91. The normalized spacial score (nSPS) is 18.6. The van der Waals surface area contributed by atoms with Crippen LogP contribution in [0.2, 0.25) is 0 Å². The molecule has 2 rings (SSSR count). The second kappa shape index (κ2) is 4.44. The molecule has 1 saturated heterocycles. The van der Waals surface area contributed by atoms with E-state index < -0.39 is 0 Å². The van der Waals surface area contributed by atoms with Gasteiger partial charge in [-0.2, -0.15) is 0 Å². The van der Waals surface area contributed by atoms with Gasteiger partial charge in [-0.3, -0.25) is 4.90 Å². The van der Waals surface area contributed by atoms with Gasteiger partial charge in [0.25, 0.3) is 0 Å². The van der Waals surface area contributed by atoms with Crippen molar-refractivity contribution in [2.24, 2.45) is 0 Å². The molecule has 0 atom stereocenters. The zero-order valence-electron chi connectivity index (χ0n) is 10.1. The zero-order chi connectivity index (χ0) is 11.6. The van der Waals surface area contributed by atoms with Crippen LogP contribution < -0.4 is 5.73 Å². The Bertz CT molecular complexity index is 357. The van der Waals surface area contributed by atoms with Crippen molar-refractivity contribution in [3.8, 4) is 0 Å². The average Bonchev–Trinajstić information content (AvgIpc) is 2.30. The van der Waals surface area contributed by atoms with Gasteiger partial charge in [-0.25, -0.2) is 0 Å². The molecule has 1 aromatic carbocycles. The Morgan fingerprint density at radius 2 is 1.94 bits per heavy atom. The number of ether oxygens (including phenoxy) is 1. The van der Waals surface area contributed by atoms with Crippen LogP contribution >= 0.6 is 0 Å². The number of anilines is 1. The van der Waals surface area contributed by atoms with E-state index in [0.29, 0.717) is 0 Å². The highest BCUT2D eigenvalue weighted by molar-refractivity contribution is 5.42. The van der Waals surface area contributed by atoms with Crippen molar-refractivity contribution >= 4 is 5.69 Å². The molecule has 0 spiro atoms. The summed E-state index contributed by atoms with van der Waals surface area (Å²) in [5, 5.41) is 0. The van der Waals surface area contributed by atoms with Crippen LogP contribution in [0, 0.1) is 0 Å². The van der Waals surface area contributed by atoms with E-state index in [1.165, 1.54) is 5.56 Å². The molecule has 0 amide bonds. The molecule has 0 saturated carbocycles. The van der Waals surface area contributed by atoms with Crippen LogP contribution in [0.5, 0.6) is 0 Å². The summed E-state index contributed by atoms with van der Waals surface area (Å²) in [7, 11) is 0. The van der Waals surface area contributed by atoms with Crippen LogP contribution in [-0.4, -0.2) is 31.2 Å². The van der Waals surface area contributed by atoms with E-state index in [1.807, 2.05) is 12.1 Å². The molecule has 0 aliphatic carbocycles. The lowest BCUT2D eigenvalue weighted by molar-refractivity contribution is -0.0117. The average molecular weight is 220 g/mol. The first kappa shape index (κ1) is 11.4. The Kier molecular flexibility index (Phi) is 3.17. The van der Waals surface area contributed by atoms with Gasteiger partial charge >= 0.3 is 0 Å². The summed E-state index contributed by atoms with van der Waals surface area (Å²) in [6, 6.07) is 8.16. The van der Waals surface area contributed by atoms with Gasteiger partial charge in [0, 0.05) is 24.3 Å². The van der Waals surface area contributed by atoms with Crippen molar-refractivity contribution < 1.29 is 4.74 Å². The summed E-state index contributed by atoms with van der Waals surface area (Å²) in [6.45, 7) is 8.11. The Morgan fingerprint density at radius 1 is 1.25 bits per heavy atom. The second-order valence-electron chi connectivity index (χ2n) is 4.78. The minimum Gasteiger partial charge on any atom is -0.399 e. The quantitative estimate of drug-likeness (QED) is 0.773. The minimum atomic E-state index is 0.0269. The summed E-state index contributed by atoms with van der Waals surface area (Å²) in [4.78, 5) is 2.45. The third-order valence-corrected chi connectivity index (χ3v) is 3.39. The topological polar surface area (TPSA) is 38.5 Å². The molecular formula is C13H20N2O. The Morgan fingerprint density at radius 3 is 2.56 bits per heavy atom. The van der Waals surface area contributed by atoms with Gasteiger partial charge in [0.2, 0.25) is 0 Å². The molecule has 16 heavy (non-hydrogen) atoms. The van der Waals surface area contributed by atoms with Gasteiger partial charge in [-0.15, -0.1) is 0 Å². The van der Waals surface area contributed by atoms with E-state index >= 15 is 0 Å². The maximum absolute atomic E-state index is 5.84. The van der Waals surface area contributed by atoms with Crippen molar-refractivity contribution in [3.63, 3.8) is 0 Å². The van der Waals surface area contributed by atoms with Crippen molar-refractivity contribution in [1.29, 1.82) is 0 Å². The molecule has 0 unspecified atom stereocenters. The fraction of sp³-hybridized carbons (Fsp3) is 0.538. The molecule has 0 bridgehead atoms. The van der Waals surface area contributed by atoms with E-state index in [0.717, 1.165) is 32.0 Å². The van der Waals surface area contributed by atoms with Crippen molar-refractivity contribution in [2.75, 3.05) is 32.0 Å². The summed E-state index contributed by atoms with van der Waals surface area (Å²) >= 11 is 0. The van der Waals surface area contributed by atoms with Crippen molar-refractivity contribution in [1.82, 2.24) is 4.90 Å². The summed E-state index contributed by atoms with van der Waals surface area (Å²) < 4.78 is 5.39. The van der Waals surface area contributed by atoms with Crippen LogP contribution in [0.3, 0.4) is 0 Å². The largest absolute Gasteiger partial charge is 0.399 e. The number of morpholine rings is 1. The molecule has 1 aliphatic heterocycles. The molecule has 1 fully saturated rings. The number of nitrogen functional groups attached to an aromatic ring is 1. The molecule has 2 N–H and O–H groups in total. The predicted octanol–water partition coefficient (Wildman–Crippen LogP) is 1.84. The van der Waals surface area contributed by atoms with E-state index in [-0.39, 0.29) is 5.54 Å². The summed E-state index contributed by atoms with van der Waals surface area (Å²) in [6.07, 6.45) is 0. The maximum atomic E-state index is 5.84. The Hall–Kier alpha value is -1.06. The first-order chi connectivity index (χ1) is 7.60. The van der Waals surface area contributed by atoms with Gasteiger partial charge in [-0.1, -0.05) is 12.1 Å². The SMILES string of the molecule is CC(C)(c1cccc(N)c1)N1CCOCC1. The van der Waals surface area contributed by atoms with Crippen LogP contribution in [0.4, 0.5) is 5.69 Å². The second-order valence-corrected chi connectivity index (χ2v) is 4.78. The van der Waals surface area contributed by atoms with Crippen LogP contribution in [0.15, 0.2) is 24.3 Å². The molecule has 3 nitrogen and oxygen atoms in total. The van der Waals surface area contributed by atoms with Gasteiger partial charge in [-0.05, 0) is 31.5 Å². The smallest absolute Gasteiger partial charge is 0.0594 e. The summed E-state index contributed by atoms with van der Waals surface area (Å²) in [5.41, 5.74) is 7.97. The highest BCUT2D eigenvalue weighted by Crippen LogP contribution is 2.29. The number of hydrogen-bond acceptors (Lipinski definition) is 3. The molecule has 0 aromatic heterocycles. The highest BCUT2D eigenvalue weighted by Gasteiger charge is 2.29. The van der Waals surface area contributed by atoms with Crippen molar-refractivity contribution in [2.45, 2.75) is 19.4 Å². The maximum Gasteiger partial charge on any atom is 0.0594 e. The monoisotopic (exact) mass is 220 g/mol. The van der Waals surface area contributed by atoms with Gasteiger partial charge in [0.1, 0.15) is 0 Å². The van der Waals surface area contributed by atoms with E-state index in [9.17, 15) is 0 Å². The predicted molar refractivity (Wildman–Crippen MR) is 66.3 cm³/mol. The minimum absolute atomic E-state index is 0.0269. The molecular weight excluding hydrogens is 200 g/mol. The fourth-order valence-electron chi connectivity index (χ4n) is 2.22. The fourth-order valence-corrected chi connectivity index (χ4v) is 2.22. The van der Waals surface area contributed by atoms with E-state index in [4.69, 9.17) is 10.5 Å². The van der Waals surface area contributed by atoms with Crippen LogP contribution in [0.1, 0.15) is 19.4 Å². The van der Waals surface area contributed by atoms with Gasteiger partial charge in [0.15, 0.2) is 0 Å². The number of benzene rings is 1. The molecule has 1 heterocycles. The summed E-state index contributed by atoms with van der Waals surface area (Å²) in [5.74, 6) is 0. The molecule has 88 valence electrons. The Labute approximate surface area is 97.2 Å². The zero-order valence-corrected chi connectivity index (χ0v) is 10.1. The number of rotatable bonds is 2. The van der Waals surface area contributed by atoms with Crippen LogP contribution in [-0.2, 0) is 10.3 Å². The number of nitrogens with zero attached hydrogens (tertiary/aromatic N) is 1. The Balaban J connectivity index is 2.22. The molecule has 0 radical (unpaired) electrons. The number of hydrogen-bond donors (Lipinski definition) is 1. The first-order valence-corrected chi connectivity index (χ1v) is 5.79. The lowest BCUT2D eigenvalue weighted by Crippen LogP contribution is -2.47. The van der Waals surface area contributed by atoms with E-state index in [2.05, 4.69) is 30.9 Å².